The van der Waals surface area contributed by atoms with Gasteiger partial charge in [0.2, 0.25) is 11.8 Å². The minimum absolute atomic E-state index is 0.132. The molecule has 5 aromatic heterocycles. The Kier molecular flexibility index (Phi) is 20.9. The van der Waals surface area contributed by atoms with Crippen LogP contribution < -0.4 is 20.3 Å². The van der Waals surface area contributed by atoms with Crippen LogP contribution in [-0.2, 0) is 33.0 Å². The molecule has 0 bridgehead atoms. The number of anilines is 1. The number of nitro benzene ring substituents is 2. The summed E-state index contributed by atoms with van der Waals surface area (Å²) in [6.07, 6.45) is 6.09. The Hall–Kier alpha value is -9.45. The van der Waals surface area contributed by atoms with E-state index in [-0.39, 0.29) is 59.4 Å². The Morgan fingerprint density at radius 2 is 1.02 bits per heavy atom. The van der Waals surface area contributed by atoms with Gasteiger partial charge in [-0.2, -0.15) is 15.3 Å². The molecule has 98 heavy (non-hydrogen) atoms. The van der Waals surface area contributed by atoms with Gasteiger partial charge in [0.05, 0.1) is 132 Å². The lowest BCUT2D eigenvalue weighted by Gasteiger charge is -2.32. The van der Waals surface area contributed by atoms with E-state index >= 15 is 0 Å². The SMILES string of the molecule is CCOC(=O)c1cnn([C@H]2CCOC2)c1-c1ccc(-c2c(C)cc(OCC)nc2C)cc1[N+](=O)[O-].CCOC(=O)c1cnn([C@H]2CCOC2)c1-c1ccc(B2OC(C)(C)C(C)(C)O2)cc1[N+](=O)[O-].CCOc1cc(C)c(-c2ccc3c(c2)NC(O)c2cnn([C@H]4CCOC4)c2-3)c(C)n1. The lowest BCUT2D eigenvalue weighted by molar-refractivity contribution is -0.384. The molecule has 27 nitrogen and oxygen atoms in total. The van der Waals surface area contributed by atoms with E-state index in [4.69, 9.17) is 42.5 Å². The molecule has 13 rings (SSSR count). The maximum atomic E-state index is 12.7. The molecule has 516 valence electrons. The van der Waals surface area contributed by atoms with Gasteiger partial charge in [0.25, 0.3) is 11.4 Å². The quantitative estimate of drug-likeness (QED) is 0.0349. The zero-order valence-corrected chi connectivity index (χ0v) is 57.2. The Morgan fingerprint density at radius 1 is 0.592 bits per heavy atom. The number of nitrogens with one attached hydrogen (secondary N) is 1. The molecule has 28 heteroatoms. The molecular weight excluding hydrogens is 1260 g/mol. The number of hydrogen-bond acceptors (Lipinski definition) is 22. The van der Waals surface area contributed by atoms with Crippen molar-refractivity contribution in [3.63, 3.8) is 0 Å². The summed E-state index contributed by atoms with van der Waals surface area (Å²) < 4.78 is 55.5. The number of aliphatic hydroxyl groups excluding tert-OH is 1. The minimum Gasteiger partial charge on any atom is -0.478 e. The molecule has 5 aliphatic rings. The topological polar surface area (TPSA) is 315 Å². The molecule has 0 spiro atoms. The average Bonchev–Trinajstić information content (AvgIpc) is 1.50. The third-order valence-electron chi connectivity index (χ3n) is 18.4. The van der Waals surface area contributed by atoms with Crippen molar-refractivity contribution in [2.75, 3.05) is 71.4 Å². The van der Waals surface area contributed by atoms with E-state index in [2.05, 4.69) is 55.7 Å². The highest BCUT2D eigenvalue weighted by Crippen LogP contribution is 2.46. The van der Waals surface area contributed by atoms with Crippen molar-refractivity contribution in [2.24, 2.45) is 0 Å². The molecule has 8 aromatic rings. The molecule has 2 N–H and O–H groups in total. The van der Waals surface area contributed by atoms with E-state index in [0.717, 1.165) is 69.0 Å². The Bertz CT molecular complexity index is 4240. The maximum Gasteiger partial charge on any atom is 0.495 e. The third-order valence-corrected chi connectivity index (χ3v) is 18.4. The van der Waals surface area contributed by atoms with E-state index in [1.54, 1.807) is 53.7 Å². The molecular formula is C70H82BN11O16. The van der Waals surface area contributed by atoms with Crippen molar-refractivity contribution in [1.82, 2.24) is 39.3 Å². The predicted octanol–water partition coefficient (Wildman–Crippen LogP) is 11.6. The molecule has 0 radical (unpaired) electrons. The number of esters is 2. The van der Waals surface area contributed by atoms with Crippen molar-refractivity contribution < 1.29 is 67.0 Å². The molecule has 10 heterocycles. The Balaban J connectivity index is 0.000000149. The highest BCUT2D eigenvalue weighted by molar-refractivity contribution is 6.62. The number of aromatic nitrogens is 8. The molecule has 4 fully saturated rings. The largest absolute Gasteiger partial charge is 0.495 e. The van der Waals surface area contributed by atoms with Gasteiger partial charge in [-0.3, -0.25) is 34.3 Å². The number of benzene rings is 3. The van der Waals surface area contributed by atoms with E-state index < -0.39 is 46.3 Å². The van der Waals surface area contributed by atoms with Gasteiger partial charge < -0.3 is 52.9 Å². The van der Waals surface area contributed by atoms with Crippen LogP contribution in [0.3, 0.4) is 0 Å². The van der Waals surface area contributed by atoms with Crippen molar-refractivity contribution >= 4 is 41.6 Å². The van der Waals surface area contributed by atoms with Gasteiger partial charge in [0, 0.05) is 83.4 Å². The second-order valence-electron chi connectivity index (χ2n) is 25.3. The zero-order valence-electron chi connectivity index (χ0n) is 57.2. The number of nitrogens with zero attached hydrogens (tertiary/aromatic N) is 10. The van der Waals surface area contributed by atoms with Crippen LogP contribution in [0.2, 0.25) is 0 Å². The first-order chi connectivity index (χ1) is 47.0. The summed E-state index contributed by atoms with van der Waals surface area (Å²) in [5.74, 6) is 0.00431. The number of hydrogen-bond donors (Lipinski definition) is 2. The first kappa shape index (κ1) is 69.9. The maximum absolute atomic E-state index is 12.7. The summed E-state index contributed by atoms with van der Waals surface area (Å²) in [7, 11) is -0.750. The van der Waals surface area contributed by atoms with Gasteiger partial charge in [-0.15, -0.1) is 0 Å². The molecule has 4 atom stereocenters. The fourth-order valence-electron chi connectivity index (χ4n) is 13.0. The Morgan fingerprint density at radius 3 is 1.45 bits per heavy atom. The number of ether oxygens (including phenoxy) is 7. The standard InChI is InChI=1S/C25H28N4O6.C23H26N4O3.C22H28BN3O7/c1-5-34-22-11-15(3)23(16(4)27-22)17-7-8-19(21(12-17)29(31)32)24-20(25(30)35-6-2)13-26-28(24)18-9-10-33-14-18;1-4-30-20-9-13(2)21(14(3)25-20)15-5-6-17-19(10-15)26-23(28)18-11-24-27(22(17)18)16-7-8-29-12-16;1-6-31-20(27)17-12-24-25(15-9-10-30-13-15)19(17)16-8-7-14(11-18(16)26(28)29)23-32-21(2,3)22(4,5)33-23/h7-8,11-13,18H,5-6,9-10,14H2,1-4H3;5-6,9-11,16,23,26,28H,4,7-8,12H2,1-3H3;7-8,11-12,15H,6,9-10,13H2,1-5H3/t18-;16-,23?;15-/m000/s1. The molecule has 3 aromatic carbocycles. The van der Waals surface area contributed by atoms with Gasteiger partial charge in [-0.05, 0) is 148 Å². The van der Waals surface area contributed by atoms with Crippen molar-refractivity contribution in [3.05, 3.63) is 145 Å². The van der Waals surface area contributed by atoms with Gasteiger partial charge in [-0.1, -0.05) is 24.3 Å². The summed E-state index contributed by atoms with van der Waals surface area (Å²) in [6, 6.07) is 19.8. The average molecular weight is 1340 g/mol. The summed E-state index contributed by atoms with van der Waals surface area (Å²) in [5.41, 5.74) is 11.6. The molecule has 0 amide bonds. The highest BCUT2D eigenvalue weighted by Gasteiger charge is 2.52. The lowest BCUT2D eigenvalue weighted by Crippen LogP contribution is -2.41. The third kappa shape index (κ3) is 14.0. The van der Waals surface area contributed by atoms with Crippen LogP contribution in [0.5, 0.6) is 11.8 Å². The van der Waals surface area contributed by atoms with E-state index in [1.807, 2.05) is 79.1 Å². The van der Waals surface area contributed by atoms with Crippen LogP contribution in [0.4, 0.5) is 17.1 Å². The van der Waals surface area contributed by atoms with Crippen LogP contribution in [0.15, 0.2) is 85.3 Å². The van der Waals surface area contributed by atoms with Crippen LogP contribution in [-0.4, -0.2) is 151 Å². The predicted molar refractivity (Wildman–Crippen MR) is 364 cm³/mol. The van der Waals surface area contributed by atoms with Crippen LogP contribution in [0, 0.1) is 47.9 Å². The highest BCUT2D eigenvalue weighted by atomic mass is 16.7. The first-order valence-corrected chi connectivity index (χ1v) is 33.0. The number of carbonyl (C=O) groups is 2. The second kappa shape index (κ2) is 29.3. The van der Waals surface area contributed by atoms with E-state index in [1.165, 1.54) is 24.5 Å². The summed E-state index contributed by atoms with van der Waals surface area (Å²) in [5, 5.41) is 51.7. The van der Waals surface area contributed by atoms with Crippen LogP contribution in [0.1, 0.15) is 148 Å². The van der Waals surface area contributed by atoms with Crippen LogP contribution in [0.25, 0.3) is 56.0 Å². The summed E-state index contributed by atoms with van der Waals surface area (Å²) in [4.78, 5) is 57.9. The number of fused-ring (bicyclic) bond motifs is 3. The van der Waals surface area contributed by atoms with E-state index in [0.29, 0.717) is 105 Å². The molecule has 4 saturated heterocycles. The number of aliphatic hydroxyl groups is 1. The van der Waals surface area contributed by atoms with Crippen molar-refractivity contribution in [3.8, 4) is 67.8 Å². The lowest BCUT2D eigenvalue weighted by atomic mass is 9.78. The van der Waals surface area contributed by atoms with Crippen molar-refractivity contribution in [2.45, 2.75) is 138 Å². The monoisotopic (exact) mass is 1340 g/mol. The van der Waals surface area contributed by atoms with E-state index in [9.17, 15) is 34.9 Å². The molecule has 5 aliphatic heterocycles. The van der Waals surface area contributed by atoms with Crippen molar-refractivity contribution in [1.29, 1.82) is 0 Å². The fourth-order valence-corrected chi connectivity index (χ4v) is 13.0. The minimum atomic E-state index is -0.792. The van der Waals surface area contributed by atoms with Crippen LogP contribution >= 0.6 is 0 Å². The Labute approximate surface area is 567 Å². The molecule has 1 unspecified atom stereocenters. The number of carbonyl (C=O) groups excluding carboxylic acids is 2. The number of pyridine rings is 2. The second-order valence-corrected chi connectivity index (χ2v) is 25.3. The molecule has 0 saturated carbocycles. The zero-order chi connectivity index (χ0) is 69.9. The summed E-state index contributed by atoms with van der Waals surface area (Å²) >= 11 is 0. The number of nitro groups is 2. The van der Waals surface area contributed by atoms with Gasteiger partial charge in [0.1, 0.15) is 11.1 Å². The van der Waals surface area contributed by atoms with Gasteiger partial charge in [-0.25, -0.2) is 19.6 Å². The fraction of sp³-hybridized carbons (Fsp3) is 0.443. The smallest absolute Gasteiger partial charge is 0.478 e. The normalized spacial score (nSPS) is 18.7. The molecule has 0 aliphatic carbocycles. The van der Waals surface area contributed by atoms with Gasteiger partial charge >= 0.3 is 19.1 Å². The van der Waals surface area contributed by atoms with Gasteiger partial charge in [0.15, 0.2) is 6.23 Å². The number of rotatable bonds is 18. The summed E-state index contributed by atoms with van der Waals surface area (Å²) in [6.45, 7) is 27.6. The first-order valence-electron chi connectivity index (χ1n) is 33.0. The number of aryl methyl sites for hydroxylation is 4.